The molecule has 0 bridgehead atoms. The maximum atomic E-state index is 5.67. The van der Waals surface area contributed by atoms with Gasteiger partial charge in [-0.1, -0.05) is 70.6 Å². The van der Waals surface area contributed by atoms with Crippen LogP contribution in [0, 0.1) is 25.7 Å². The van der Waals surface area contributed by atoms with Gasteiger partial charge in [0.05, 0.1) is 12.2 Å². The van der Waals surface area contributed by atoms with E-state index in [1.165, 1.54) is 204 Å². The van der Waals surface area contributed by atoms with E-state index in [-0.39, 0.29) is 5.54 Å². The molecule has 9 aliphatic rings. The fourth-order valence-corrected chi connectivity index (χ4v) is 18.5. The molecule has 0 N–H and O–H groups in total. The van der Waals surface area contributed by atoms with Crippen LogP contribution in [0.3, 0.4) is 0 Å². The molecular weight excluding hydrogens is 1210 g/mol. The average Bonchev–Trinajstić information content (AvgIpc) is 1.60. The number of hydrogen-bond acceptors (Lipinski definition) is 9. The van der Waals surface area contributed by atoms with Crippen molar-refractivity contribution >= 4 is 0 Å². The van der Waals surface area contributed by atoms with E-state index in [4.69, 9.17) is 4.74 Å². The zero-order chi connectivity index (χ0) is 75.6. The van der Waals surface area contributed by atoms with E-state index in [9.17, 15) is 0 Å². The Hall–Kier alpha value is -1.14. The van der Waals surface area contributed by atoms with Gasteiger partial charge >= 0.3 is 0 Å². The van der Waals surface area contributed by atoms with E-state index in [0.717, 1.165) is 73.3 Å². The summed E-state index contributed by atoms with van der Waals surface area (Å²) in [6, 6.07) is 12.7. The Kier molecular flexibility index (Phi) is 42.0. The molecule has 8 atom stereocenters. The first-order valence-electron chi connectivity index (χ1n) is 42.4. The van der Waals surface area contributed by atoms with Gasteiger partial charge in [-0.15, -0.1) is 0 Å². The Morgan fingerprint density at radius 2 is 0.808 bits per heavy atom. The van der Waals surface area contributed by atoms with E-state index in [1.807, 2.05) is 0 Å². The molecule has 0 amide bonds. The van der Waals surface area contributed by atoms with Gasteiger partial charge in [-0.2, -0.15) is 0 Å². The fraction of sp³-hybridized carbons (Fsp3) is 0.933. The van der Waals surface area contributed by atoms with Gasteiger partial charge in [-0.25, -0.2) is 0 Å². The summed E-state index contributed by atoms with van der Waals surface area (Å²) in [5.74, 6) is 2.84. The third kappa shape index (κ3) is 35.9. The van der Waals surface area contributed by atoms with Crippen molar-refractivity contribution < 1.29 is 4.74 Å². The Morgan fingerprint density at radius 3 is 1.10 bits per heavy atom. The highest BCUT2D eigenvalue weighted by Crippen LogP contribution is 2.42. The van der Waals surface area contributed by atoms with Gasteiger partial charge in [-0.3, -0.25) is 29.4 Å². The second-order valence-corrected chi connectivity index (χ2v) is 39.9. The maximum Gasteiger partial charge on any atom is 0.0678 e. The molecule has 8 saturated heterocycles. The van der Waals surface area contributed by atoms with Crippen molar-refractivity contribution in [2.75, 3.05) is 65.4 Å². The molecule has 1 aromatic carbocycles. The van der Waals surface area contributed by atoms with Gasteiger partial charge in [0.2, 0.25) is 0 Å². The van der Waals surface area contributed by atoms with Crippen LogP contribution in [0.4, 0.5) is 0 Å². The summed E-state index contributed by atoms with van der Waals surface area (Å²) in [4.78, 5) is 20.8. The standard InChI is InChI=1S/2C11H23N.C11H16.C10H21NO.C10H19N.2C10H21N.C9H19N.C8H17N/c1-10(2,3)12-9-7-6-8-11(12,4)5;1-9-7-6-8-10(2)12(9)11(3,4)5;1-8(2)11-9(3)6-5-7-10(11)4;1-8-6-11(10(3,4)5)7-9(2)12-8;1-8(2)11-6-5-10(7-11)9-3-4-9;2*1-9-7-5-6-8-11(9)10(2,3)4;1-8(2)10-7-5-4-6-9(10)3;1-8(2)9-6-4-3-5-7-9/h6-9H2,1-5H3;9-10H,6-8H2,1-5H3;5-8H,1-4H3;8-9H,6-7H2,1-5H3;8-10H,3-7H2,1-2H3;2*9H,5-8H2,1-4H3;8-9H,4-7H2,1-3H3;8H,3-7H2,1-2H3/t;;;8-,9+;10-;9-;;9-;/m....11.1./s1. The van der Waals surface area contributed by atoms with E-state index in [0.29, 0.717) is 45.8 Å². The SMILES string of the molecule is CC(C)(C)N1CCCCC1(C)C.CC(C)N1CCCCC1.CC(C)N1CCCC[C@H]1C.CC(C)N1CC[C@@H](C2CC2)C1.CC1CCCC(C)N1C(C)(C)C.CC1CCCCN1C(C)(C)C.C[C@@H]1CCCCN1C(C)(C)C.C[C@@H]1CN(C(C)(C)C)C[C@H](C)O1.Cc1cccc(C)c1C(C)C. The number of likely N-dealkylation sites (tertiary alicyclic amines) is 7. The summed E-state index contributed by atoms with van der Waals surface area (Å²) in [5.41, 5.74) is 6.47. The van der Waals surface area contributed by atoms with Gasteiger partial charge in [-0.05, 0) is 398 Å². The van der Waals surface area contributed by atoms with Crippen molar-refractivity contribution in [3.63, 3.8) is 0 Å². The molecule has 8 aliphatic heterocycles. The van der Waals surface area contributed by atoms with Gasteiger partial charge in [0.25, 0.3) is 0 Å². The van der Waals surface area contributed by atoms with Gasteiger partial charge in [0.1, 0.15) is 0 Å². The number of piperidine rings is 6. The van der Waals surface area contributed by atoms with E-state index in [1.54, 1.807) is 0 Å². The quantitative estimate of drug-likeness (QED) is 0.286. The lowest BCUT2D eigenvalue weighted by Crippen LogP contribution is -2.56. The molecule has 10 rings (SSSR count). The summed E-state index contributed by atoms with van der Waals surface area (Å²) < 4.78 is 5.67. The predicted molar refractivity (Wildman–Crippen MR) is 443 cm³/mol. The van der Waals surface area contributed by atoms with E-state index < -0.39 is 0 Å². The molecule has 9 nitrogen and oxygen atoms in total. The highest BCUT2D eigenvalue weighted by atomic mass is 16.5. The number of nitrogens with zero attached hydrogens (tertiary/aromatic N) is 8. The molecule has 586 valence electrons. The zero-order valence-electron chi connectivity index (χ0n) is 73.6. The molecule has 9 fully saturated rings. The van der Waals surface area contributed by atoms with Crippen molar-refractivity contribution in [3.05, 3.63) is 34.9 Å². The third-order valence-corrected chi connectivity index (χ3v) is 23.7. The molecule has 8 heterocycles. The minimum atomic E-state index is 0.284. The van der Waals surface area contributed by atoms with Crippen LogP contribution in [0.1, 0.15) is 379 Å². The van der Waals surface area contributed by atoms with Crippen LogP contribution < -0.4 is 0 Å². The molecule has 9 heteroatoms. The summed E-state index contributed by atoms with van der Waals surface area (Å²) >= 11 is 0. The third-order valence-electron chi connectivity index (χ3n) is 23.7. The van der Waals surface area contributed by atoms with Crippen LogP contribution in [0.2, 0.25) is 0 Å². The van der Waals surface area contributed by atoms with Gasteiger partial charge < -0.3 is 14.5 Å². The van der Waals surface area contributed by atoms with Crippen LogP contribution in [-0.2, 0) is 4.74 Å². The van der Waals surface area contributed by atoms with Crippen molar-refractivity contribution in [2.24, 2.45) is 11.8 Å². The molecule has 99 heavy (non-hydrogen) atoms. The van der Waals surface area contributed by atoms with Gasteiger partial charge in [0.15, 0.2) is 0 Å². The van der Waals surface area contributed by atoms with Crippen LogP contribution in [0.25, 0.3) is 0 Å². The zero-order valence-corrected chi connectivity index (χ0v) is 73.6. The Balaban J connectivity index is 0.000000379. The van der Waals surface area contributed by atoms with Crippen LogP contribution in [-0.4, -0.2) is 198 Å². The maximum absolute atomic E-state index is 5.67. The minimum absolute atomic E-state index is 0.284. The number of hydrogen-bond donors (Lipinski definition) is 0. The van der Waals surface area contributed by atoms with Crippen LogP contribution >= 0.6 is 0 Å². The summed E-state index contributed by atoms with van der Waals surface area (Å²) in [6.07, 6.45) is 30.5. The lowest BCUT2D eigenvalue weighted by atomic mass is 9.86. The predicted octanol–water partition coefficient (Wildman–Crippen LogP) is 23.0. The van der Waals surface area contributed by atoms with Crippen molar-refractivity contribution in [2.45, 2.75) is 470 Å². The largest absolute Gasteiger partial charge is 0.373 e. The summed E-state index contributed by atoms with van der Waals surface area (Å²) in [5, 5.41) is 0. The monoisotopic (exact) mass is 1390 g/mol. The highest BCUT2D eigenvalue weighted by molar-refractivity contribution is 5.35. The van der Waals surface area contributed by atoms with Crippen molar-refractivity contribution in [1.82, 2.24) is 39.2 Å². The lowest BCUT2D eigenvalue weighted by Gasteiger charge is -2.50. The first kappa shape index (κ1) is 93.9. The lowest BCUT2D eigenvalue weighted by molar-refractivity contribution is -0.0924. The molecule has 1 aromatic rings. The number of morpholine rings is 1. The van der Waals surface area contributed by atoms with Gasteiger partial charge in [0, 0.05) is 101 Å². The number of benzene rings is 1. The second kappa shape index (κ2) is 44.2. The molecular formula is C90H180N8O. The Labute approximate surface area is 622 Å². The molecule has 0 radical (unpaired) electrons. The summed E-state index contributed by atoms with van der Waals surface area (Å²) in [7, 11) is 0. The molecule has 0 aromatic heterocycles. The van der Waals surface area contributed by atoms with Crippen LogP contribution in [0.15, 0.2) is 18.2 Å². The van der Waals surface area contributed by atoms with E-state index >= 15 is 0 Å². The molecule has 0 spiro atoms. The van der Waals surface area contributed by atoms with Crippen molar-refractivity contribution in [3.8, 4) is 0 Å². The number of aryl methyl sites for hydroxylation is 2. The average molecular weight is 1390 g/mol. The smallest absolute Gasteiger partial charge is 0.0678 e. The highest BCUT2D eigenvalue weighted by Gasteiger charge is 2.39. The number of rotatable bonds is 5. The Bertz CT molecular complexity index is 2140. The molecule has 1 saturated carbocycles. The summed E-state index contributed by atoms with van der Waals surface area (Å²) in [6.45, 7) is 90.8. The minimum Gasteiger partial charge on any atom is -0.373 e. The molecule has 1 aliphatic carbocycles. The fourth-order valence-electron chi connectivity index (χ4n) is 18.5. The first-order valence-corrected chi connectivity index (χ1v) is 42.4. The molecule has 3 unspecified atom stereocenters. The van der Waals surface area contributed by atoms with E-state index in [2.05, 4.69) is 293 Å². The van der Waals surface area contributed by atoms with Crippen molar-refractivity contribution in [1.29, 1.82) is 0 Å². The van der Waals surface area contributed by atoms with Crippen LogP contribution in [0.5, 0.6) is 0 Å². The topological polar surface area (TPSA) is 35.2 Å². The Morgan fingerprint density at radius 1 is 0.384 bits per heavy atom. The normalized spacial score (nSPS) is 27.7. The second-order valence-electron chi connectivity index (χ2n) is 39.9. The number of ether oxygens (including phenoxy) is 1. The first-order chi connectivity index (χ1) is 45.6.